The number of carbonyl (C=O) groups is 1. The molecule has 2 aliphatic rings. The molecule has 1 unspecified atom stereocenters. The summed E-state index contributed by atoms with van der Waals surface area (Å²) in [7, 11) is 0. The topological polar surface area (TPSA) is 26.3 Å². The first-order chi connectivity index (χ1) is 8.24. The fourth-order valence-corrected chi connectivity index (χ4v) is 4.42. The minimum Gasteiger partial charge on any atom is -0.354 e. The zero-order valence-electron chi connectivity index (χ0n) is 11.5. The van der Waals surface area contributed by atoms with E-state index >= 15 is 0 Å². The summed E-state index contributed by atoms with van der Waals surface area (Å²) in [6.07, 6.45) is 0. The molecule has 1 aromatic carbocycles. The highest BCUT2D eigenvalue weighted by atomic mass is 32.2. The van der Waals surface area contributed by atoms with Crippen LogP contribution in [-0.4, -0.2) is 10.7 Å². The molecule has 1 spiro atoms. The molecule has 0 bridgehead atoms. The molecule has 0 radical (unpaired) electrons. The van der Waals surface area contributed by atoms with E-state index in [4.69, 9.17) is 4.74 Å². The number of rotatable bonds is 0. The van der Waals surface area contributed by atoms with Crippen molar-refractivity contribution >= 4 is 16.9 Å². The Morgan fingerprint density at radius 2 is 1.83 bits per heavy atom. The first kappa shape index (κ1) is 12.2. The lowest BCUT2D eigenvalue weighted by atomic mass is 9.56. The highest BCUT2D eigenvalue weighted by Crippen LogP contribution is 2.68. The minimum absolute atomic E-state index is 0.135. The van der Waals surface area contributed by atoms with Crippen LogP contribution in [-0.2, 0) is 15.1 Å². The van der Waals surface area contributed by atoms with Gasteiger partial charge < -0.3 is 4.74 Å². The van der Waals surface area contributed by atoms with E-state index in [9.17, 15) is 4.79 Å². The molecule has 2 heterocycles. The molecule has 18 heavy (non-hydrogen) atoms. The molecule has 1 saturated heterocycles. The molecular weight excluding hydrogens is 244 g/mol. The van der Waals surface area contributed by atoms with Crippen molar-refractivity contribution in [3.05, 3.63) is 29.3 Å². The zero-order valence-corrected chi connectivity index (χ0v) is 12.3. The SMILES string of the molecule is Cc1cccc2c1C1(OC(C)(C)C1(C)C)C(=O)S2. The van der Waals surface area contributed by atoms with Crippen molar-refractivity contribution in [3.8, 4) is 0 Å². The van der Waals surface area contributed by atoms with Crippen molar-refractivity contribution in [2.75, 3.05) is 0 Å². The molecule has 0 N–H and O–H groups in total. The van der Waals surface area contributed by atoms with E-state index in [0.717, 1.165) is 16.0 Å². The molecule has 1 aromatic rings. The quantitative estimate of drug-likeness (QED) is 0.714. The van der Waals surface area contributed by atoms with Crippen LogP contribution in [0.3, 0.4) is 0 Å². The van der Waals surface area contributed by atoms with E-state index in [1.807, 2.05) is 12.1 Å². The van der Waals surface area contributed by atoms with E-state index in [1.165, 1.54) is 11.8 Å². The lowest BCUT2D eigenvalue weighted by Crippen LogP contribution is -2.71. The molecule has 0 amide bonds. The lowest BCUT2D eigenvalue weighted by molar-refractivity contribution is -0.341. The van der Waals surface area contributed by atoms with Gasteiger partial charge in [0.15, 0.2) is 5.60 Å². The van der Waals surface area contributed by atoms with Gasteiger partial charge in [-0.15, -0.1) is 0 Å². The van der Waals surface area contributed by atoms with Crippen LogP contribution in [0.5, 0.6) is 0 Å². The van der Waals surface area contributed by atoms with Crippen molar-refractivity contribution in [1.82, 2.24) is 0 Å². The van der Waals surface area contributed by atoms with Gasteiger partial charge in [0, 0.05) is 15.9 Å². The van der Waals surface area contributed by atoms with Gasteiger partial charge in [-0.2, -0.15) is 0 Å². The van der Waals surface area contributed by atoms with E-state index in [2.05, 4.69) is 40.7 Å². The predicted molar refractivity (Wildman–Crippen MR) is 72.7 cm³/mol. The average Bonchev–Trinajstić information content (AvgIpc) is 2.54. The van der Waals surface area contributed by atoms with Crippen LogP contribution in [0.15, 0.2) is 23.1 Å². The number of thioether (sulfide) groups is 1. The van der Waals surface area contributed by atoms with Crippen LogP contribution in [0.4, 0.5) is 0 Å². The van der Waals surface area contributed by atoms with E-state index in [0.29, 0.717) is 0 Å². The molecule has 0 saturated carbocycles. The normalized spacial score (nSPS) is 31.3. The molecule has 2 aliphatic heterocycles. The largest absolute Gasteiger partial charge is 0.354 e. The van der Waals surface area contributed by atoms with Gasteiger partial charge in [-0.1, -0.05) is 26.0 Å². The van der Waals surface area contributed by atoms with Crippen LogP contribution in [0.25, 0.3) is 0 Å². The average molecular weight is 262 g/mol. The van der Waals surface area contributed by atoms with Gasteiger partial charge in [-0.05, 0) is 44.2 Å². The molecule has 0 aromatic heterocycles. The number of aryl methyl sites for hydroxylation is 1. The number of carbonyl (C=O) groups excluding carboxylic acids is 1. The monoisotopic (exact) mass is 262 g/mol. The number of benzene rings is 1. The van der Waals surface area contributed by atoms with Gasteiger partial charge in [0.1, 0.15) is 0 Å². The molecule has 3 heteroatoms. The summed E-state index contributed by atoms with van der Waals surface area (Å²) in [5.74, 6) is 0. The minimum atomic E-state index is -0.748. The Kier molecular flexibility index (Phi) is 2.18. The Balaban J connectivity index is 2.26. The highest BCUT2D eigenvalue weighted by Gasteiger charge is 2.73. The van der Waals surface area contributed by atoms with Gasteiger partial charge in [0.25, 0.3) is 0 Å². The molecular formula is C15H18O2S. The lowest BCUT2D eigenvalue weighted by Gasteiger charge is -2.64. The number of ether oxygens (including phenoxy) is 1. The third-order valence-electron chi connectivity index (χ3n) is 4.87. The standard InChI is InChI=1S/C15H18O2S/c1-9-7-6-8-10-11(9)15(12(16)18-10)13(2,3)14(4,5)17-15/h6-8H,1-5H3. The summed E-state index contributed by atoms with van der Waals surface area (Å²) in [5.41, 5.74) is 1.02. The first-order valence-electron chi connectivity index (χ1n) is 6.26. The first-order valence-corrected chi connectivity index (χ1v) is 7.08. The maximum absolute atomic E-state index is 12.5. The summed E-state index contributed by atoms with van der Waals surface area (Å²) in [4.78, 5) is 13.6. The van der Waals surface area contributed by atoms with Gasteiger partial charge in [-0.3, -0.25) is 4.79 Å². The summed E-state index contributed by atoms with van der Waals surface area (Å²) in [6.45, 7) is 10.5. The predicted octanol–water partition coefficient (Wildman–Crippen LogP) is 3.66. The third-order valence-corrected chi connectivity index (χ3v) is 5.90. The van der Waals surface area contributed by atoms with Crippen molar-refractivity contribution in [3.63, 3.8) is 0 Å². The summed E-state index contributed by atoms with van der Waals surface area (Å²) in [6, 6.07) is 6.08. The molecule has 96 valence electrons. The molecule has 3 rings (SSSR count). The number of hydrogen-bond acceptors (Lipinski definition) is 3. The fourth-order valence-electron chi connectivity index (χ4n) is 3.13. The summed E-state index contributed by atoms with van der Waals surface area (Å²) < 4.78 is 6.14. The third kappa shape index (κ3) is 1.08. The highest BCUT2D eigenvalue weighted by molar-refractivity contribution is 8.14. The maximum atomic E-state index is 12.5. The van der Waals surface area contributed by atoms with Crippen LogP contribution in [0, 0.1) is 12.3 Å². The van der Waals surface area contributed by atoms with Crippen molar-refractivity contribution in [2.24, 2.45) is 5.41 Å². The summed E-state index contributed by atoms with van der Waals surface area (Å²) in [5, 5.41) is 0.135. The smallest absolute Gasteiger partial charge is 0.230 e. The van der Waals surface area contributed by atoms with Crippen LogP contribution in [0.2, 0.25) is 0 Å². The van der Waals surface area contributed by atoms with Gasteiger partial charge >= 0.3 is 0 Å². The Hall–Kier alpha value is -0.800. The van der Waals surface area contributed by atoms with E-state index in [-0.39, 0.29) is 16.1 Å². The number of fused-ring (bicyclic) bond motifs is 2. The number of hydrogen-bond donors (Lipinski definition) is 0. The van der Waals surface area contributed by atoms with Crippen LogP contribution < -0.4 is 0 Å². The molecule has 1 fully saturated rings. The second-order valence-corrected chi connectivity index (χ2v) is 7.27. The summed E-state index contributed by atoms with van der Waals surface area (Å²) >= 11 is 1.33. The molecule has 1 atom stereocenters. The second kappa shape index (κ2) is 3.20. The Morgan fingerprint density at radius 3 is 2.39 bits per heavy atom. The van der Waals surface area contributed by atoms with Crippen molar-refractivity contribution < 1.29 is 9.53 Å². The zero-order chi connectivity index (χ0) is 13.3. The van der Waals surface area contributed by atoms with Gasteiger partial charge in [-0.25, -0.2) is 0 Å². The van der Waals surface area contributed by atoms with Gasteiger partial charge in [0.05, 0.1) is 5.60 Å². The fraction of sp³-hybridized carbons (Fsp3) is 0.533. The molecule has 0 aliphatic carbocycles. The van der Waals surface area contributed by atoms with Crippen molar-refractivity contribution in [2.45, 2.75) is 50.7 Å². The van der Waals surface area contributed by atoms with Gasteiger partial charge in [0.2, 0.25) is 5.12 Å². The maximum Gasteiger partial charge on any atom is 0.230 e. The van der Waals surface area contributed by atoms with Crippen LogP contribution >= 0.6 is 11.8 Å². The second-order valence-electron chi connectivity index (χ2n) is 6.26. The van der Waals surface area contributed by atoms with Crippen LogP contribution in [0.1, 0.15) is 38.8 Å². The van der Waals surface area contributed by atoms with E-state index < -0.39 is 5.60 Å². The van der Waals surface area contributed by atoms with E-state index in [1.54, 1.807) is 0 Å². The Bertz CT molecular complexity index is 560. The Morgan fingerprint density at radius 1 is 1.17 bits per heavy atom. The Labute approximate surface area is 112 Å². The molecule has 2 nitrogen and oxygen atoms in total. The van der Waals surface area contributed by atoms with Crippen molar-refractivity contribution in [1.29, 1.82) is 0 Å².